The Kier molecular flexibility index (Phi) is 14.3. The van der Waals surface area contributed by atoms with Crippen molar-refractivity contribution in [3.8, 4) is 29.3 Å². The number of rotatable bonds is 13. The minimum atomic E-state index is -4.43. The fourth-order valence-corrected chi connectivity index (χ4v) is 6.13. The summed E-state index contributed by atoms with van der Waals surface area (Å²) in [7, 11) is 0. The largest absolute Gasteiger partial charge is 0.487 e. The van der Waals surface area contributed by atoms with E-state index in [-0.39, 0.29) is 24.2 Å². The van der Waals surface area contributed by atoms with E-state index in [0.717, 1.165) is 59.7 Å². The first-order valence-corrected chi connectivity index (χ1v) is 17.9. The lowest BCUT2D eigenvalue weighted by Crippen LogP contribution is -2.47. The van der Waals surface area contributed by atoms with Gasteiger partial charge >= 0.3 is 6.18 Å². The van der Waals surface area contributed by atoms with Crippen molar-refractivity contribution in [1.29, 1.82) is 5.26 Å². The number of aromatic nitrogens is 2. The van der Waals surface area contributed by atoms with Crippen molar-refractivity contribution in [1.82, 2.24) is 19.8 Å². The number of carbonyl (C=O) groups is 1. The van der Waals surface area contributed by atoms with Crippen molar-refractivity contribution in [2.45, 2.75) is 32.7 Å². The molecule has 0 atom stereocenters. The number of alkyl halides is 3. The van der Waals surface area contributed by atoms with E-state index >= 15 is 0 Å². The second kappa shape index (κ2) is 19.3. The average Bonchev–Trinajstić information content (AvgIpc) is 3.19. The van der Waals surface area contributed by atoms with E-state index in [4.69, 9.17) is 31.1 Å². The van der Waals surface area contributed by atoms with Gasteiger partial charge in [-0.3, -0.25) is 9.69 Å². The quantitative estimate of drug-likeness (QED) is 0.109. The van der Waals surface area contributed by atoms with Crippen LogP contribution in [0.1, 0.15) is 38.9 Å². The summed E-state index contributed by atoms with van der Waals surface area (Å²) in [5, 5.41) is 9.34. The molecular weight excluding hydrogens is 766 g/mol. The van der Waals surface area contributed by atoms with E-state index in [1.807, 2.05) is 42.2 Å². The molecule has 6 rings (SSSR count). The highest BCUT2D eigenvalue weighted by Crippen LogP contribution is 2.34. The topological polar surface area (TPSA) is 101 Å². The number of carbonyl (C=O) groups excluding carboxylic acids is 1. The van der Waals surface area contributed by atoms with Crippen LogP contribution in [0.3, 0.4) is 0 Å². The number of piperazine rings is 1. The highest BCUT2D eigenvalue weighted by atomic mass is 35.5. The lowest BCUT2D eigenvalue weighted by molar-refractivity contribution is -0.137. The van der Waals surface area contributed by atoms with Gasteiger partial charge in [0.25, 0.3) is 0 Å². The van der Waals surface area contributed by atoms with Gasteiger partial charge in [0.15, 0.2) is 5.75 Å². The number of aryl methyl sites for hydroxylation is 1. The van der Waals surface area contributed by atoms with Crippen LogP contribution in [0.5, 0.6) is 23.3 Å². The minimum absolute atomic E-state index is 0. The van der Waals surface area contributed by atoms with Crippen LogP contribution in [-0.2, 0) is 30.5 Å². The zero-order valence-electron chi connectivity index (χ0n) is 30.3. The first-order chi connectivity index (χ1) is 26.5. The zero-order valence-corrected chi connectivity index (χ0v) is 31.9. The Morgan fingerprint density at radius 2 is 1.55 bits per heavy atom. The molecule has 1 aliphatic heterocycles. The molecule has 1 fully saturated rings. The van der Waals surface area contributed by atoms with Crippen LogP contribution in [0.2, 0.25) is 5.02 Å². The lowest BCUT2D eigenvalue weighted by Gasteiger charge is -2.34. The van der Waals surface area contributed by atoms with Crippen molar-refractivity contribution in [3.63, 3.8) is 0 Å². The molecule has 0 unspecified atom stereocenters. The van der Waals surface area contributed by atoms with Gasteiger partial charge in [0, 0.05) is 63.6 Å². The van der Waals surface area contributed by atoms with Crippen molar-refractivity contribution >= 4 is 36.0 Å². The van der Waals surface area contributed by atoms with Gasteiger partial charge in [0.05, 0.1) is 35.0 Å². The Morgan fingerprint density at radius 1 is 0.875 bits per heavy atom. The van der Waals surface area contributed by atoms with Crippen LogP contribution in [0.4, 0.5) is 13.2 Å². The molecule has 0 spiro atoms. The molecule has 2 aromatic heterocycles. The molecule has 3 aromatic carbocycles. The van der Waals surface area contributed by atoms with Gasteiger partial charge in [-0.25, -0.2) is 9.97 Å². The summed E-state index contributed by atoms with van der Waals surface area (Å²) in [6.45, 7) is 5.95. The summed E-state index contributed by atoms with van der Waals surface area (Å²) in [5.41, 5.74) is 4.46. The number of benzene rings is 3. The van der Waals surface area contributed by atoms with E-state index in [1.165, 1.54) is 6.07 Å². The van der Waals surface area contributed by atoms with E-state index in [0.29, 0.717) is 60.7 Å². The van der Waals surface area contributed by atoms with Crippen LogP contribution in [0.25, 0.3) is 6.08 Å². The third kappa shape index (κ3) is 11.7. The Morgan fingerprint density at radius 3 is 2.18 bits per heavy atom. The van der Waals surface area contributed by atoms with Gasteiger partial charge in [-0.1, -0.05) is 48.0 Å². The first kappa shape index (κ1) is 41.6. The maximum absolute atomic E-state index is 13.0. The number of ether oxygens (including phenoxy) is 3. The van der Waals surface area contributed by atoms with E-state index < -0.39 is 11.7 Å². The molecule has 14 heteroatoms. The summed E-state index contributed by atoms with van der Waals surface area (Å²) in [6.07, 6.45) is 1.82. The molecule has 9 nitrogen and oxygen atoms in total. The predicted molar refractivity (Wildman–Crippen MR) is 209 cm³/mol. The number of halogens is 5. The number of amides is 1. The van der Waals surface area contributed by atoms with Crippen molar-refractivity contribution < 1.29 is 32.2 Å². The lowest BCUT2D eigenvalue weighted by atomic mass is 10.1. The van der Waals surface area contributed by atoms with Crippen LogP contribution in [0, 0.1) is 18.3 Å². The van der Waals surface area contributed by atoms with E-state index in [9.17, 15) is 18.0 Å². The number of nitrogens with zero attached hydrogens (tertiary/aromatic N) is 5. The number of nitriles is 1. The number of hydrogen-bond donors (Lipinski definition) is 0. The number of pyridine rings is 2. The van der Waals surface area contributed by atoms with Crippen molar-refractivity contribution in [2.24, 2.45) is 0 Å². The molecule has 1 saturated heterocycles. The van der Waals surface area contributed by atoms with Gasteiger partial charge in [-0.2, -0.15) is 18.4 Å². The standard InChI is InChI=1S/C42H37ClF3N5O4.ClH/c1-29-22-34(23-37(43)41(29)55-39-14-12-36(26-49-39)54-28-33-8-4-31(24-47)5-9-33)10-15-40(52)51-19-17-50(18-20-51)27-32-6-2-30(3-7-32)16-21-53-38-13-11-35(25-48-38)42(44,45)46;/h2-15,22-23,25-26H,16-21,27-28H2,1H3;1H/b15-10+;. The Hall–Kier alpha value is -5.61. The highest BCUT2D eigenvalue weighted by Gasteiger charge is 2.30. The minimum Gasteiger partial charge on any atom is -0.487 e. The van der Waals surface area contributed by atoms with Crippen LogP contribution in [0.15, 0.2) is 103 Å². The third-order valence-corrected chi connectivity index (χ3v) is 9.17. The van der Waals surface area contributed by atoms with Crippen molar-refractivity contribution in [2.75, 3.05) is 32.8 Å². The Bertz CT molecular complexity index is 2110. The average molecular weight is 805 g/mol. The molecule has 0 bridgehead atoms. The molecule has 3 heterocycles. The summed E-state index contributed by atoms with van der Waals surface area (Å²) < 4.78 is 55.5. The molecular formula is C42H38Cl2F3N5O4. The first-order valence-electron chi connectivity index (χ1n) is 17.5. The molecule has 290 valence electrons. The van der Waals surface area contributed by atoms with Crippen LogP contribution < -0.4 is 14.2 Å². The fourth-order valence-electron chi connectivity index (χ4n) is 5.82. The smallest absolute Gasteiger partial charge is 0.417 e. The molecule has 1 aliphatic rings. The predicted octanol–water partition coefficient (Wildman–Crippen LogP) is 9.10. The molecule has 0 saturated carbocycles. The van der Waals surface area contributed by atoms with Crippen LogP contribution >= 0.6 is 24.0 Å². The molecule has 0 aliphatic carbocycles. The summed E-state index contributed by atoms with van der Waals surface area (Å²) >= 11 is 6.60. The summed E-state index contributed by atoms with van der Waals surface area (Å²) in [4.78, 5) is 25.2. The maximum Gasteiger partial charge on any atom is 0.417 e. The molecule has 0 radical (unpaired) electrons. The monoisotopic (exact) mass is 803 g/mol. The van der Waals surface area contributed by atoms with Gasteiger partial charge in [-0.05, 0) is 77.2 Å². The summed E-state index contributed by atoms with van der Waals surface area (Å²) in [5.74, 6) is 1.47. The van der Waals surface area contributed by atoms with Crippen molar-refractivity contribution in [3.05, 3.63) is 147 Å². The van der Waals surface area contributed by atoms with Gasteiger partial charge < -0.3 is 19.1 Å². The second-order valence-corrected chi connectivity index (χ2v) is 13.3. The van der Waals surface area contributed by atoms with E-state index in [1.54, 1.807) is 48.7 Å². The molecule has 1 amide bonds. The third-order valence-electron chi connectivity index (χ3n) is 8.89. The van der Waals surface area contributed by atoms with Gasteiger partial charge in [0.1, 0.15) is 12.4 Å². The molecule has 0 N–H and O–H groups in total. The fraction of sp³-hybridized carbons (Fsp3) is 0.238. The molecule has 5 aromatic rings. The Labute approximate surface area is 334 Å². The maximum atomic E-state index is 13.0. The van der Waals surface area contributed by atoms with Crippen LogP contribution in [-0.4, -0.2) is 58.5 Å². The van der Waals surface area contributed by atoms with Gasteiger partial charge in [0.2, 0.25) is 17.7 Å². The summed E-state index contributed by atoms with van der Waals surface area (Å²) in [6, 6.07) is 26.7. The second-order valence-electron chi connectivity index (χ2n) is 12.9. The SMILES string of the molecule is Cc1cc(/C=C/C(=O)N2CCN(Cc3ccc(CCOc4ccc(C(F)(F)F)cn4)cc3)CC2)cc(Cl)c1Oc1ccc(OCc2ccc(C#N)cc2)cn1.Cl. The number of hydrogen-bond acceptors (Lipinski definition) is 8. The highest BCUT2D eigenvalue weighted by molar-refractivity contribution is 6.32. The molecule has 56 heavy (non-hydrogen) atoms. The van der Waals surface area contributed by atoms with E-state index in [2.05, 4.69) is 33.1 Å². The zero-order chi connectivity index (χ0) is 38.8. The van der Waals surface area contributed by atoms with Gasteiger partial charge in [-0.15, -0.1) is 12.4 Å². The normalized spacial score (nSPS) is 13.2. The Balaban J connectivity index is 0.00000600.